The van der Waals surface area contributed by atoms with Gasteiger partial charge in [0.25, 0.3) is 0 Å². The Kier molecular flexibility index (Phi) is 4.16. The minimum Gasteiger partial charge on any atom is -0.497 e. The molecular formula is C24H30N2O. The molecule has 0 radical (unpaired) electrons. The number of nitrogens with one attached hydrogen (secondary N) is 1. The van der Waals surface area contributed by atoms with Gasteiger partial charge >= 0.3 is 0 Å². The fraction of sp³-hybridized carbons (Fsp3) is 0.500. The molecule has 1 N–H and O–H groups in total. The van der Waals surface area contributed by atoms with Crippen molar-refractivity contribution in [3.8, 4) is 5.75 Å². The molecule has 1 saturated heterocycles. The zero-order chi connectivity index (χ0) is 18.4. The highest BCUT2D eigenvalue weighted by molar-refractivity contribution is 5.63. The SMILES string of the molecule is COc1cccc(Nc2ccc3c(c2)[C@@]24CCCC[C@H]2[C@@H](C3)N(C)CC4)c1. The summed E-state index contributed by atoms with van der Waals surface area (Å²) in [5.41, 5.74) is 5.93. The van der Waals surface area contributed by atoms with Gasteiger partial charge < -0.3 is 15.0 Å². The predicted octanol–water partition coefficient (Wildman–Crippen LogP) is 5.13. The highest BCUT2D eigenvalue weighted by Gasteiger charge is 2.52. The van der Waals surface area contributed by atoms with Crippen LogP contribution in [-0.4, -0.2) is 31.6 Å². The number of nitrogens with zero attached hydrogens (tertiary/aromatic N) is 1. The van der Waals surface area contributed by atoms with Gasteiger partial charge in [0.2, 0.25) is 0 Å². The van der Waals surface area contributed by atoms with Gasteiger partial charge in [0, 0.05) is 28.9 Å². The van der Waals surface area contributed by atoms with Crippen LogP contribution in [0, 0.1) is 5.92 Å². The van der Waals surface area contributed by atoms with E-state index in [0.29, 0.717) is 5.41 Å². The molecule has 0 spiro atoms. The quantitative estimate of drug-likeness (QED) is 0.819. The third-order valence-corrected chi connectivity index (χ3v) is 7.47. The number of fused-ring (bicyclic) bond motifs is 1. The van der Waals surface area contributed by atoms with Crippen LogP contribution in [0.1, 0.15) is 43.2 Å². The normalized spacial score (nSPS) is 29.6. The number of rotatable bonds is 3. The van der Waals surface area contributed by atoms with Crippen molar-refractivity contribution in [2.45, 2.75) is 50.0 Å². The molecule has 0 aromatic heterocycles. The van der Waals surface area contributed by atoms with Gasteiger partial charge in [-0.3, -0.25) is 0 Å². The molecule has 2 aromatic rings. The summed E-state index contributed by atoms with van der Waals surface area (Å²) in [7, 11) is 4.06. The molecule has 1 aliphatic heterocycles. The van der Waals surface area contributed by atoms with Crippen LogP contribution in [0.5, 0.6) is 5.75 Å². The molecule has 3 atom stereocenters. The highest BCUT2D eigenvalue weighted by Crippen LogP contribution is 2.55. The van der Waals surface area contributed by atoms with Crippen molar-refractivity contribution in [2.24, 2.45) is 5.92 Å². The first-order valence-corrected chi connectivity index (χ1v) is 10.4. The molecule has 0 amide bonds. The van der Waals surface area contributed by atoms with Crippen LogP contribution in [-0.2, 0) is 11.8 Å². The van der Waals surface area contributed by atoms with E-state index in [1.54, 1.807) is 18.2 Å². The minimum absolute atomic E-state index is 0.412. The number of likely N-dealkylation sites (N-methyl/N-ethyl adjacent to an activating group) is 1. The van der Waals surface area contributed by atoms with Gasteiger partial charge in [0.05, 0.1) is 7.11 Å². The molecule has 1 heterocycles. The Morgan fingerprint density at radius 2 is 1.96 bits per heavy atom. The van der Waals surface area contributed by atoms with Crippen molar-refractivity contribution in [3.63, 3.8) is 0 Å². The Labute approximate surface area is 162 Å². The Bertz CT molecular complexity index is 848. The van der Waals surface area contributed by atoms with Crippen molar-refractivity contribution in [1.29, 1.82) is 0 Å². The first-order valence-electron chi connectivity index (χ1n) is 10.4. The van der Waals surface area contributed by atoms with E-state index >= 15 is 0 Å². The topological polar surface area (TPSA) is 24.5 Å². The summed E-state index contributed by atoms with van der Waals surface area (Å²) in [5.74, 6) is 1.73. The smallest absolute Gasteiger partial charge is 0.120 e. The summed E-state index contributed by atoms with van der Waals surface area (Å²) >= 11 is 0. The van der Waals surface area contributed by atoms with Gasteiger partial charge in [-0.1, -0.05) is 25.0 Å². The largest absolute Gasteiger partial charge is 0.497 e. The first-order chi connectivity index (χ1) is 13.2. The van der Waals surface area contributed by atoms with Gasteiger partial charge in [0.1, 0.15) is 5.75 Å². The van der Waals surface area contributed by atoms with Crippen molar-refractivity contribution in [3.05, 3.63) is 53.6 Å². The fourth-order valence-corrected chi connectivity index (χ4v) is 6.14. The van der Waals surface area contributed by atoms with Crippen LogP contribution >= 0.6 is 0 Å². The second kappa shape index (κ2) is 6.56. The number of likely N-dealkylation sites (tertiary alicyclic amines) is 1. The van der Waals surface area contributed by atoms with E-state index in [-0.39, 0.29) is 0 Å². The molecule has 3 heteroatoms. The number of hydrogen-bond acceptors (Lipinski definition) is 3. The lowest BCUT2D eigenvalue weighted by atomic mass is 9.52. The monoisotopic (exact) mass is 362 g/mol. The molecule has 0 unspecified atom stereocenters. The van der Waals surface area contributed by atoms with Gasteiger partial charge in [-0.2, -0.15) is 0 Å². The van der Waals surface area contributed by atoms with E-state index in [1.807, 2.05) is 12.1 Å². The Hall–Kier alpha value is -2.00. The van der Waals surface area contributed by atoms with Crippen LogP contribution in [0.2, 0.25) is 0 Å². The van der Waals surface area contributed by atoms with E-state index < -0.39 is 0 Å². The molecule has 3 aliphatic rings. The average molecular weight is 363 g/mol. The first kappa shape index (κ1) is 17.1. The maximum atomic E-state index is 5.37. The van der Waals surface area contributed by atoms with Crippen LogP contribution in [0.3, 0.4) is 0 Å². The third-order valence-electron chi connectivity index (χ3n) is 7.47. The summed E-state index contributed by atoms with van der Waals surface area (Å²) < 4.78 is 5.37. The van der Waals surface area contributed by atoms with E-state index in [4.69, 9.17) is 4.74 Å². The van der Waals surface area contributed by atoms with Crippen molar-refractivity contribution in [2.75, 3.05) is 26.0 Å². The number of benzene rings is 2. The molecular weight excluding hydrogens is 332 g/mol. The van der Waals surface area contributed by atoms with Gasteiger partial charge in [-0.15, -0.1) is 0 Å². The molecule has 5 rings (SSSR count). The summed E-state index contributed by atoms with van der Waals surface area (Å²) in [6, 6.07) is 16.0. The number of ether oxygens (including phenoxy) is 1. The fourth-order valence-electron chi connectivity index (χ4n) is 6.14. The maximum absolute atomic E-state index is 5.37. The van der Waals surface area contributed by atoms with Crippen LogP contribution in [0.4, 0.5) is 11.4 Å². The summed E-state index contributed by atoms with van der Waals surface area (Å²) in [6.07, 6.45) is 8.12. The standard InChI is InChI=1S/C24H30N2O/c1-26-13-12-24-11-4-3-8-21(24)23(26)14-17-9-10-19(16-22(17)24)25-18-6-5-7-20(15-18)27-2/h5-7,9-10,15-16,21,23,25H,3-4,8,11-14H2,1-2H3/t21-,23+,24+/m0/s1. The van der Waals surface area contributed by atoms with Gasteiger partial charge in [-0.25, -0.2) is 0 Å². The van der Waals surface area contributed by atoms with Crippen LogP contribution < -0.4 is 10.1 Å². The second-order valence-electron chi connectivity index (χ2n) is 8.74. The lowest BCUT2D eigenvalue weighted by molar-refractivity contribution is 0.00290. The molecule has 1 saturated carbocycles. The van der Waals surface area contributed by atoms with Crippen LogP contribution in [0.25, 0.3) is 0 Å². The lowest BCUT2D eigenvalue weighted by Gasteiger charge is -2.58. The van der Waals surface area contributed by atoms with Gasteiger partial charge in [0.15, 0.2) is 0 Å². The molecule has 2 aliphatic carbocycles. The summed E-state index contributed by atoms with van der Waals surface area (Å²) in [6.45, 7) is 1.24. The number of anilines is 2. The van der Waals surface area contributed by atoms with Crippen LogP contribution in [0.15, 0.2) is 42.5 Å². The van der Waals surface area contributed by atoms with Crippen molar-refractivity contribution in [1.82, 2.24) is 4.90 Å². The molecule has 2 bridgehead atoms. The number of hydrogen-bond donors (Lipinski definition) is 1. The number of methoxy groups -OCH3 is 1. The van der Waals surface area contributed by atoms with E-state index in [0.717, 1.165) is 23.4 Å². The number of piperidine rings is 1. The minimum atomic E-state index is 0.412. The molecule has 2 fully saturated rings. The van der Waals surface area contributed by atoms with E-state index in [1.165, 1.54) is 50.8 Å². The summed E-state index contributed by atoms with van der Waals surface area (Å²) in [4.78, 5) is 2.64. The lowest BCUT2D eigenvalue weighted by Crippen LogP contribution is -2.59. The maximum Gasteiger partial charge on any atom is 0.120 e. The van der Waals surface area contributed by atoms with E-state index in [9.17, 15) is 0 Å². The summed E-state index contributed by atoms with van der Waals surface area (Å²) in [5, 5.41) is 3.61. The Morgan fingerprint density at radius 1 is 1.07 bits per heavy atom. The second-order valence-corrected chi connectivity index (χ2v) is 8.74. The third kappa shape index (κ3) is 2.75. The zero-order valence-corrected chi connectivity index (χ0v) is 16.5. The predicted molar refractivity (Wildman–Crippen MR) is 111 cm³/mol. The van der Waals surface area contributed by atoms with Crippen molar-refractivity contribution >= 4 is 11.4 Å². The molecule has 142 valence electrons. The van der Waals surface area contributed by atoms with E-state index in [2.05, 4.69) is 47.6 Å². The molecule has 3 nitrogen and oxygen atoms in total. The zero-order valence-electron chi connectivity index (χ0n) is 16.5. The Balaban J connectivity index is 1.52. The molecule has 2 aromatic carbocycles. The Morgan fingerprint density at radius 3 is 2.85 bits per heavy atom. The molecule has 27 heavy (non-hydrogen) atoms. The van der Waals surface area contributed by atoms with Gasteiger partial charge in [-0.05, 0) is 80.6 Å². The van der Waals surface area contributed by atoms with Crippen molar-refractivity contribution < 1.29 is 4.74 Å². The highest BCUT2D eigenvalue weighted by atomic mass is 16.5. The average Bonchev–Trinajstić information content (AvgIpc) is 2.71.